The van der Waals surface area contributed by atoms with E-state index in [-0.39, 0.29) is 17.7 Å². The summed E-state index contributed by atoms with van der Waals surface area (Å²) in [5.41, 5.74) is 0.604. The zero-order valence-electron chi connectivity index (χ0n) is 16.5. The van der Waals surface area contributed by atoms with Crippen molar-refractivity contribution in [3.05, 3.63) is 42.5 Å². The highest BCUT2D eigenvalue weighted by atomic mass is 16.5. The van der Waals surface area contributed by atoms with Crippen LogP contribution in [0, 0.1) is 5.41 Å². The number of hydrogen-bond donors (Lipinski definition) is 3. The summed E-state index contributed by atoms with van der Waals surface area (Å²) in [6.07, 6.45) is 0.948. The fourth-order valence-corrected chi connectivity index (χ4v) is 2.94. The molecule has 0 bridgehead atoms. The van der Waals surface area contributed by atoms with Crippen LogP contribution in [0.2, 0.25) is 0 Å². The molecular weight excluding hydrogens is 374 g/mol. The molecule has 2 aromatic rings. The van der Waals surface area contributed by atoms with Crippen LogP contribution >= 0.6 is 0 Å². The average Bonchev–Trinajstić information content (AvgIpc) is 3.51. The summed E-state index contributed by atoms with van der Waals surface area (Å²) in [6.45, 7) is 1.42. The Balaban J connectivity index is 1.66. The van der Waals surface area contributed by atoms with E-state index in [1.807, 2.05) is 0 Å². The van der Waals surface area contributed by atoms with Crippen LogP contribution in [0.15, 0.2) is 42.5 Å². The highest BCUT2D eigenvalue weighted by Gasteiger charge is 2.56. The molecule has 2 aromatic carbocycles. The van der Waals surface area contributed by atoms with E-state index in [1.54, 1.807) is 42.5 Å². The van der Waals surface area contributed by atoms with Gasteiger partial charge in [-0.3, -0.25) is 14.4 Å². The predicted octanol–water partition coefficient (Wildman–Crippen LogP) is 3.02. The summed E-state index contributed by atoms with van der Waals surface area (Å²) in [6, 6.07) is 11.7. The number of nitrogens with one attached hydrogen (secondary N) is 3. The van der Waals surface area contributed by atoms with Gasteiger partial charge in [0.2, 0.25) is 17.7 Å². The third-order valence-electron chi connectivity index (χ3n) is 4.72. The lowest BCUT2D eigenvalue weighted by atomic mass is 10.0. The monoisotopic (exact) mass is 397 g/mol. The standard InChI is InChI=1S/C21H23N3O5/c1-13(25)22-14-4-6-15(7-5-14)23-19(26)21(10-11-21)20(27)24-16-8-9-17(28-2)18(12-16)29-3/h4-9,12H,10-11H2,1-3H3,(H,22,25)(H,23,26)(H,24,27). The molecule has 1 aliphatic carbocycles. The van der Waals surface area contributed by atoms with Crippen LogP contribution in [0.5, 0.6) is 11.5 Å². The molecule has 29 heavy (non-hydrogen) atoms. The van der Waals surface area contributed by atoms with Crippen LogP contribution in [0.1, 0.15) is 19.8 Å². The Labute approximate surface area is 168 Å². The molecule has 8 heteroatoms. The molecule has 1 saturated carbocycles. The molecule has 3 amide bonds. The highest BCUT2D eigenvalue weighted by Crippen LogP contribution is 2.47. The SMILES string of the molecule is COc1ccc(NC(=O)C2(C(=O)Nc3ccc(NC(C)=O)cc3)CC2)cc1OC. The number of methoxy groups -OCH3 is 2. The van der Waals surface area contributed by atoms with E-state index in [9.17, 15) is 14.4 Å². The lowest BCUT2D eigenvalue weighted by molar-refractivity contribution is -0.131. The molecule has 1 aliphatic rings. The van der Waals surface area contributed by atoms with E-state index in [1.165, 1.54) is 21.1 Å². The summed E-state index contributed by atoms with van der Waals surface area (Å²) in [4.78, 5) is 36.6. The quantitative estimate of drug-likeness (QED) is 0.623. The van der Waals surface area contributed by atoms with E-state index >= 15 is 0 Å². The van der Waals surface area contributed by atoms with Gasteiger partial charge >= 0.3 is 0 Å². The van der Waals surface area contributed by atoms with Crippen molar-refractivity contribution in [1.82, 2.24) is 0 Å². The Kier molecular flexibility index (Phi) is 5.72. The van der Waals surface area contributed by atoms with E-state index in [0.29, 0.717) is 41.4 Å². The second-order valence-corrected chi connectivity index (χ2v) is 6.82. The number of hydrogen-bond acceptors (Lipinski definition) is 5. The number of amides is 3. The molecule has 0 heterocycles. The van der Waals surface area contributed by atoms with Gasteiger partial charge in [0.25, 0.3) is 0 Å². The first-order chi connectivity index (χ1) is 13.9. The molecule has 0 saturated heterocycles. The van der Waals surface area contributed by atoms with Crippen LogP contribution in [-0.4, -0.2) is 31.9 Å². The zero-order chi connectivity index (χ0) is 21.0. The lowest BCUT2D eigenvalue weighted by Gasteiger charge is -2.16. The lowest BCUT2D eigenvalue weighted by Crippen LogP contribution is -2.35. The van der Waals surface area contributed by atoms with Gasteiger partial charge in [-0.2, -0.15) is 0 Å². The van der Waals surface area contributed by atoms with Crippen molar-refractivity contribution < 1.29 is 23.9 Å². The smallest absolute Gasteiger partial charge is 0.240 e. The van der Waals surface area contributed by atoms with Gasteiger partial charge < -0.3 is 25.4 Å². The molecule has 1 fully saturated rings. The third-order valence-corrected chi connectivity index (χ3v) is 4.72. The van der Waals surface area contributed by atoms with Crippen LogP contribution in [0.3, 0.4) is 0 Å². The topological polar surface area (TPSA) is 106 Å². The number of anilines is 3. The molecule has 8 nitrogen and oxygen atoms in total. The first-order valence-corrected chi connectivity index (χ1v) is 9.10. The van der Waals surface area contributed by atoms with Gasteiger partial charge in [0, 0.05) is 30.1 Å². The fourth-order valence-electron chi connectivity index (χ4n) is 2.94. The second-order valence-electron chi connectivity index (χ2n) is 6.82. The van der Waals surface area contributed by atoms with Crippen LogP contribution in [0.25, 0.3) is 0 Å². The van der Waals surface area contributed by atoms with Gasteiger partial charge in [0.05, 0.1) is 14.2 Å². The van der Waals surface area contributed by atoms with Crippen LogP contribution < -0.4 is 25.4 Å². The van der Waals surface area contributed by atoms with Crippen molar-refractivity contribution in [3.63, 3.8) is 0 Å². The average molecular weight is 397 g/mol. The molecule has 152 valence electrons. The molecule has 0 aliphatic heterocycles. The fraction of sp³-hybridized carbons (Fsp3) is 0.286. The molecule has 3 rings (SSSR count). The largest absolute Gasteiger partial charge is 0.493 e. The molecular formula is C21H23N3O5. The Bertz CT molecular complexity index is 936. The number of carbonyl (C=O) groups excluding carboxylic acids is 3. The molecule has 3 N–H and O–H groups in total. The molecule has 0 spiro atoms. The van der Waals surface area contributed by atoms with Gasteiger partial charge in [-0.1, -0.05) is 0 Å². The van der Waals surface area contributed by atoms with Gasteiger partial charge in [-0.05, 0) is 49.2 Å². The zero-order valence-corrected chi connectivity index (χ0v) is 16.5. The summed E-state index contributed by atoms with van der Waals surface area (Å²) in [7, 11) is 3.04. The molecule has 0 atom stereocenters. The Hall–Kier alpha value is -3.55. The molecule has 0 radical (unpaired) electrons. The molecule has 0 unspecified atom stereocenters. The first-order valence-electron chi connectivity index (χ1n) is 9.10. The minimum absolute atomic E-state index is 0.175. The van der Waals surface area contributed by atoms with Gasteiger partial charge in [0.1, 0.15) is 5.41 Å². The van der Waals surface area contributed by atoms with E-state index in [0.717, 1.165) is 0 Å². The van der Waals surface area contributed by atoms with Crippen LogP contribution in [-0.2, 0) is 14.4 Å². The maximum absolute atomic E-state index is 12.8. The van der Waals surface area contributed by atoms with Crippen molar-refractivity contribution in [2.75, 3.05) is 30.2 Å². The third kappa shape index (κ3) is 4.48. The van der Waals surface area contributed by atoms with E-state index in [4.69, 9.17) is 9.47 Å². The predicted molar refractivity (Wildman–Crippen MR) is 109 cm³/mol. The summed E-state index contributed by atoms with van der Waals surface area (Å²) in [5.74, 6) is 0.135. The number of benzene rings is 2. The Morgan fingerprint density at radius 2 is 1.24 bits per heavy atom. The van der Waals surface area contributed by atoms with Gasteiger partial charge in [-0.15, -0.1) is 0 Å². The van der Waals surface area contributed by atoms with E-state index in [2.05, 4.69) is 16.0 Å². The van der Waals surface area contributed by atoms with Crippen LogP contribution in [0.4, 0.5) is 17.1 Å². The second kappa shape index (κ2) is 8.22. The number of carbonyl (C=O) groups is 3. The summed E-state index contributed by atoms with van der Waals surface area (Å²) in [5, 5.41) is 8.22. The van der Waals surface area contributed by atoms with Crippen molar-refractivity contribution in [3.8, 4) is 11.5 Å². The minimum Gasteiger partial charge on any atom is -0.493 e. The number of ether oxygens (including phenoxy) is 2. The Morgan fingerprint density at radius 1 is 0.759 bits per heavy atom. The maximum Gasteiger partial charge on any atom is 0.240 e. The van der Waals surface area contributed by atoms with E-state index < -0.39 is 5.41 Å². The Morgan fingerprint density at radius 3 is 1.72 bits per heavy atom. The van der Waals surface area contributed by atoms with Gasteiger partial charge in [-0.25, -0.2) is 0 Å². The summed E-state index contributed by atoms with van der Waals surface area (Å²) < 4.78 is 10.4. The van der Waals surface area contributed by atoms with Crippen molar-refractivity contribution >= 4 is 34.8 Å². The molecule has 0 aromatic heterocycles. The summed E-state index contributed by atoms with van der Waals surface area (Å²) >= 11 is 0. The van der Waals surface area contributed by atoms with Crippen molar-refractivity contribution in [2.45, 2.75) is 19.8 Å². The van der Waals surface area contributed by atoms with Gasteiger partial charge in [0.15, 0.2) is 11.5 Å². The van der Waals surface area contributed by atoms with Crippen molar-refractivity contribution in [2.24, 2.45) is 5.41 Å². The number of rotatable bonds is 7. The van der Waals surface area contributed by atoms with Crippen molar-refractivity contribution in [1.29, 1.82) is 0 Å². The maximum atomic E-state index is 12.8. The minimum atomic E-state index is -1.09. The first kappa shape index (κ1) is 20.2. The highest BCUT2D eigenvalue weighted by molar-refractivity contribution is 6.17. The normalized spacial score (nSPS) is 13.8.